The topological polar surface area (TPSA) is 61.9 Å². The van der Waals surface area contributed by atoms with E-state index in [1.807, 2.05) is 0 Å². The fourth-order valence-corrected chi connectivity index (χ4v) is 4.83. The minimum Gasteiger partial charge on any atom is -0.303 e. The molecule has 0 radical (unpaired) electrons. The summed E-state index contributed by atoms with van der Waals surface area (Å²) in [6.07, 6.45) is 7.93. The smallest absolute Gasteiger partial charge is 0.168 e. The molecule has 5 heterocycles. The van der Waals surface area contributed by atoms with Crippen LogP contribution in [0.15, 0.2) is 12.4 Å². The number of hydrogen-bond donors (Lipinski definition) is 1. The highest BCUT2D eigenvalue weighted by Crippen LogP contribution is 2.39. The molecule has 22 heavy (non-hydrogen) atoms. The SMILES string of the molecule is O=C1c2cncc3[nH]nc(c23)CC1CC1CN2CCC1CC2. The Labute approximate surface area is 129 Å². The number of carbonyl (C=O) groups excluding carboxylic acids is 1. The van der Waals surface area contributed by atoms with Crippen molar-refractivity contribution in [1.29, 1.82) is 0 Å². The van der Waals surface area contributed by atoms with Gasteiger partial charge in [0.15, 0.2) is 5.78 Å². The lowest BCUT2D eigenvalue weighted by molar-refractivity contribution is 0.0368. The van der Waals surface area contributed by atoms with E-state index in [1.54, 1.807) is 12.4 Å². The summed E-state index contributed by atoms with van der Waals surface area (Å²) < 4.78 is 0. The lowest BCUT2D eigenvalue weighted by Crippen LogP contribution is -2.48. The molecule has 2 aromatic rings. The van der Waals surface area contributed by atoms with Crippen molar-refractivity contribution >= 4 is 16.7 Å². The van der Waals surface area contributed by atoms with Gasteiger partial charge in [-0.15, -0.1) is 0 Å². The van der Waals surface area contributed by atoms with Gasteiger partial charge in [0.1, 0.15) is 0 Å². The average molecular weight is 296 g/mol. The van der Waals surface area contributed by atoms with Crippen molar-refractivity contribution in [2.75, 3.05) is 19.6 Å². The Morgan fingerprint density at radius 3 is 2.91 bits per heavy atom. The van der Waals surface area contributed by atoms with Crippen molar-refractivity contribution in [2.45, 2.75) is 25.7 Å². The minimum atomic E-state index is 0.0914. The molecular formula is C17H20N4O. The quantitative estimate of drug-likeness (QED) is 0.921. The molecule has 5 heteroatoms. The lowest BCUT2D eigenvalue weighted by Gasteiger charge is -2.45. The molecule has 5 nitrogen and oxygen atoms in total. The van der Waals surface area contributed by atoms with Crippen LogP contribution >= 0.6 is 0 Å². The Morgan fingerprint density at radius 2 is 2.14 bits per heavy atom. The van der Waals surface area contributed by atoms with Crippen LogP contribution < -0.4 is 0 Å². The van der Waals surface area contributed by atoms with Crippen molar-refractivity contribution in [1.82, 2.24) is 20.1 Å². The first-order valence-electron chi connectivity index (χ1n) is 8.37. The number of aromatic nitrogens is 3. The molecule has 0 aromatic carbocycles. The molecule has 0 saturated carbocycles. The second kappa shape index (κ2) is 4.62. The third kappa shape index (κ3) is 1.78. The second-order valence-electron chi connectivity index (χ2n) is 7.18. The standard InChI is InChI=1S/C17H20N4O/c22-17-11(5-12-9-21-3-1-10(12)2-4-21)6-14-16-13(17)7-18-8-15(16)20-19-14/h7-8,10-12H,1-6,9H2,(H,19,20). The molecule has 2 aromatic heterocycles. The van der Waals surface area contributed by atoms with E-state index in [4.69, 9.17) is 0 Å². The maximum atomic E-state index is 12.9. The van der Waals surface area contributed by atoms with E-state index in [0.29, 0.717) is 5.92 Å². The molecule has 0 spiro atoms. The largest absolute Gasteiger partial charge is 0.303 e. The summed E-state index contributed by atoms with van der Waals surface area (Å²) in [5.74, 6) is 1.88. The average Bonchev–Trinajstić information content (AvgIpc) is 2.97. The van der Waals surface area contributed by atoms with E-state index < -0.39 is 0 Å². The molecule has 3 fully saturated rings. The number of nitrogens with one attached hydrogen (secondary N) is 1. The van der Waals surface area contributed by atoms with Crippen molar-refractivity contribution in [3.8, 4) is 0 Å². The van der Waals surface area contributed by atoms with Crippen molar-refractivity contribution in [3.63, 3.8) is 0 Å². The van der Waals surface area contributed by atoms with Crippen molar-refractivity contribution < 1.29 is 4.79 Å². The zero-order chi connectivity index (χ0) is 14.7. The molecule has 4 aliphatic rings. The first-order chi connectivity index (χ1) is 10.8. The highest BCUT2D eigenvalue weighted by Gasteiger charge is 2.38. The number of Topliss-reactive ketones (excluding diaryl/α,β-unsaturated/α-hetero) is 1. The van der Waals surface area contributed by atoms with Crippen LogP contribution in [0, 0.1) is 17.8 Å². The number of pyridine rings is 1. The molecule has 3 saturated heterocycles. The van der Waals surface area contributed by atoms with E-state index in [9.17, 15) is 4.79 Å². The molecule has 1 aliphatic carbocycles. The fourth-order valence-electron chi connectivity index (χ4n) is 4.83. The summed E-state index contributed by atoms with van der Waals surface area (Å²) in [5.41, 5.74) is 2.72. The van der Waals surface area contributed by atoms with Gasteiger partial charge >= 0.3 is 0 Å². The first kappa shape index (κ1) is 12.8. The molecular weight excluding hydrogens is 276 g/mol. The van der Waals surface area contributed by atoms with E-state index >= 15 is 0 Å². The van der Waals surface area contributed by atoms with Gasteiger partial charge in [0.05, 0.1) is 17.4 Å². The molecule has 1 N–H and O–H groups in total. The van der Waals surface area contributed by atoms with Crippen LogP contribution in [0.1, 0.15) is 35.3 Å². The number of aromatic amines is 1. The zero-order valence-electron chi connectivity index (χ0n) is 12.6. The van der Waals surface area contributed by atoms with Crippen LogP contribution in [0.3, 0.4) is 0 Å². The Hall–Kier alpha value is -1.75. The Bertz CT molecular complexity index is 744. The predicted molar refractivity (Wildman–Crippen MR) is 82.7 cm³/mol. The van der Waals surface area contributed by atoms with Gasteiger partial charge in [-0.25, -0.2) is 0 Å². The number of piperidine rings is 3. The van der Waals surface area contributed by atoms with E-state index in [0.717, 1.165) is 40.9 Å². The van der Waals surface area contributed by atoms with Crippen LogP contribution in [-0.4, -0.2) is 45.5 Å². The van der Waals surface area contributed by atoms with E-state index in [-0.39, 0.29) is 11.7 Å². The number of ketones is 1. The normalized spacial score (nSPS) is 33.5. The lowest BCUT2D eigenvalue weighted by atomic mass is 9.72. The number of nitrogens with zero attached hydrogens (tertiary/aromatic N) is 3. The highest BCUT2D eigenvalue weighted by molar-refractivity contribution is 6.10. The van der Waals surface area contributed by atoms with E-state index in [2.05, 4.69) is 20.1 Å². The van der Waals surface area contributed by atoms with Gasteiger partial charge in [-0.3, -0.25) is 14.9 Å². The van der Waals surface area contributed by atoms with Gasteiger partial charge in [0.2, 0.25) is 0 Å². The van der Waals surface area contributed by atoms with Gasteiger partial charge in [-0.05, 0) is 44.2 Å². The van der Waals surface area contributed by atoms with Gasteiger partial charge in [-0.2, -0.15) is 5.10 Å². The maximum absolute atomic E-state index is 12.9. The van der Waals surface area contributed by atoms with Gasteiger partial charge in [0.25, 0.3) is 0 Å². The molecule has 0 amide bonds. The summed E-state index contributed by atoms with van der Waals surface area (Å²) in [6, 6.07) is 0. The highest BCUT2D eigenvalue weighted by atomic mass is 16.1. The zero-order valence-corrected chi connectivity index (χ0v) is 12.6. The van der Waals surface area contributed by atoms with Gasteiger partial charge in [-0.1, -0.05) is 0 Å². The Kier molecular flexibility index (Phi) is 2.68. The Balaban J connectivity index is 1.44. The first-order valence-corrected chi connectivity index (χ1v) is 8.37. The molecule has 3 aliphatic heterocycles. The predicted octanol–water partition coefficient (Wildman–Crippen LogP) is 2.04. The van der Waals surface area contributed by atoms with E-state index in [1.165, 1.54) is 32.5 Å². The Morgan fingerprint density at radius 1 is 1.27 bits per heavy atom. The summed E-state index contributed by atoms with van der Waals surface area (Å²) >= 11 is 0. The molecule has 6 rings (SSSR count). The molecule has 2 unspecified atom stereocenters. The van der Waals surface area contributed by atoms with Crippen LogP contribution in [0.25, 0.3) is 10.9 Å². The van der Waals surface area contributed by atoms with Crippen LogP contribution in [-0.2, 0) is 6.42 Å². The second-order valence-corrected chi connectivity index (χ2v) is 7.18. The monoisotopic (exact) mass is 296 g/mol. The number of H-pyrrole nitrogens is 1. The third-order valence-electron chi connectivity index (χ3n) is 6.00. The molecule has 114 valence electrons. The molecule has 2 bridgehead atoms. The maximum Gasteiger partial charge on any atom is 0.168 e. The van der Waals surface area contributed by atoms with Crippen LogP contribution in [0.5, 0.6) is 0 Å². The number of rotatable bonds is 2. The molecule has 2 atom stereocenters. The van der Waals surface area contributed by atoms with Crippen molar-refractivity contribution in [3.05, 3.63) is 23.7 Å². The summed E-state index contributed by atoms with van der Waals surface area (Å²) in [7, 11) is 0. The van der Waals surface area contributed by atoms with Gasteiger partial charge in [0, 0.05) is 36.0 Å². The summed E-state index contributed by atoms with van der Waals surface area (Å²) in [5, 5.41) is 8.45. The van der Waals surface area contributed by atoms with Crippen LogP contribution in [0.4, 0.5) is 0 Å². The number of hydrogen-bond acceptors (Lipinski definition) is 4. The number of fused-ring (bicyclic) bond motifs is 3. The number of carbonyl (C=O) groups is 1. The summed E-state index contributed by atoms with van der Waals surface area (Å²) in [6.45, 7) is 3.70. The summed E-state index contributed by atoms with van der Waals surface area (Å²) in [4.78, 5) is 19.7. The van der Waals surface area contributed by atoms with Crippen LogP contribution in [0.2, 0.25) is 0 Å². The van der Waals surface area contributed by atoms with Gasteiger partial charge < -0.3 is 4.90 Å². The fraction of sp³-hybridized carbons (Fsp3) is 0.588. The third-order valence-corrected chi connectivity index (χ3v) is 6.00. The van der Waals surface area contributed by atoms with Crippen molar-refractivity contribution in [2.24, 2.45) is 17.8 Å². The minimum absolute atomic E-state index is 0.0914.